The molecule has 14 heavy (non-hydrogen) atoms. The molecule has 0 saturated carbocycles. The Morgan fingerprint density at radius 1 is 0.786 bits per heavy atom. The van der Waals surface area contributed by atoms with Gasteiger partial charge in [0.05, 0.1) is 0 Å². The first-order chi connectivity index (χ1) is 6.71. The Labute approximate surface area is 94.0 Å². The Bertz CT molecular complexity index is 202. The van der Waals surface area contributed by atoms with E-state index in [4.69, 9.17) is 0 Å². The van der Waals surface area contributed by atoms with Crippen molar-refractivity contribution in [3.05, 3.63) is 36.4 Å². The average molecular weight is 311 g/mol. The third-order valence-corrected chi connectivity index (χ3v) is 4.46. The molecular weight excluding hydrogens is 297 g/mol. The van der Waals surface area contributed by atoms with E-state index in [1.807, 2.05) is 36.4 Å². The van der Waals surface area contributed by atoms with Gasteiger partial charge in [0.1, 0.15) is 0 Å². The summed E-state index contributed by atoms with van der Waals surface area (Å²) in [4.78, 5) is 0. The quantitative estimate of drug-likeness (QED) is 0.474. The summed E-state index contributed by atoms with van der Waals surface area (Å²) < 4.78 is 26.1. The molecule has 80 valence electrons. The van der Waals surface area contributed by atoms with Crippen molar-refractivity contribution < 1.29 is 30.0 Å². The molecule has 0 atom stereocenters. The number of halogens is 3. The summed E-state index contributed by atoms with van der Waals surface area (Å²) in [7, 11) is 0. The standard InChI is InChI=1S/C6H6.C5H8F2I/c1-2-4-6-5-3-1;6-5(7)1-3-8-4-2-5/h1-6H;1-4H2/q;-1. The number of hydrogen-bond acceptors (Lipinski definition) is 0. The number of hydrogen-bond donors (Lipinski definition) is 0. The Kier molecular flexibility index (Phi) is 5.37. The molecule has 1 aliphatic rings. The fourth-order valence-corrected chi connectivity index (χ4v) is 3.89. The maximum absolute atomic E-state index is 12.2. The van der Waals surface area contributed by atoms with Gasteiger partial charge in [0.25, 0.3) is 0 Å². The molecule has 2 rings (SSSR count). The van der Waals surface area contributed by atoms with Gasteiger partial charge in [-0.05, 0) is 0 Å². The molecule has 1 fully saturated rings. The molecule has 0 bridgehead atoms. The van der Waals surface area contributed by atoms with E-state index in [1.165, 1.54) is 0 Å². The molecule has 0 aliphatic carbocycles. The zero-order chi connectivity index (χ0) is 10.3. The molecule has 1 aromatic rings. The van der Waals surface area contributed by atoms with Gasteiger partial charge in [-0.15, -0.1) is 0 Å². The first-order valence-electron chi connectivity index (χ1n) is 4.62. The summed E-state index contributed by atoms with van der Waals surface area (Å²) in [5, 5.41) is 0. The zero-order valence-electron chi connectivity index (χ0n) is 7.93. The summed E-state index contributed by atoms with van der Waals surface area (Å²) in [5.74, 6) is -2.29. The zero-order valence-corrected chi connectivity index (χ0v) is 10.1. The van der Waals surface area contributed by atoms with Crippen molar-refractivity contribution in [3.63, 3.8) is 0 Å². The van der Waals surface area contributed by atoms with Crippen LogP contribution in [0.2, 0.25) is 0 Å². The van der Waals surface area contributed by atoms with Crippen LogP contribution in [-0.4, -0.2) is 14.8 Å². The third-order valence-electron chi connectivity index (χ3n) is 1.85. The summed E-state index contributed by atoms with van der Waals surface area (Å²) in [6, 6.07) is 12.0. The molecule has 0 radical (unpaired) electrons. The smallest absolute Gasteiger partial charge is 0.0623 e. The molecule has 0 aromatic heterocycles. The molecule has 0 nitrogen and oxygen atoms in total. The van der Waals surface area contributed by atoms with Crippen molar-refractivity contribution in [2.45, 2.75) is 18.8 Å². The topological polar surface area (TPSA) is 0 Å². The van der Waals surface area contributed by atoms with Crippen LogP contribution in [0.3, 0.4) is 0 Å². The van der Waals surface area contributed by atoms with Crippen molar-refractivity contribution in [1.82, 2.24) is 0 Å². The van der Waals surface area contributed by atoms with Gasteiger partial charge in [-0.2, -0.15) is 0 Å². The van der Waals surface area contributed by atoms with Crippen molar-refractivity contribution in [1.29, 1.82) is 0 Å². The Hall–Kier alpha value is -0.190. The summed E-state index contributed by atoms with van der Waals surface area (Å²) in [6.45, 7) is 0. The van der Waals surface area contributed by atoms with E-state index in [0.717, 1.165) is 8.86 Å². The maximum atomic E-state index is 12.2. The van der Waals surface area contributed by atoms with E-state index in [0.29, 0.717) is 0 Å². The van der Waals surface area contributed by atoms with Crippen LogP contribution in [-0.2, 0) is 0 Å². The predicted octanol–water partition coefficient (Wildman–Crippen LogP) is 0.191. The van der Waals surface area contributed by atoms with Gasteiger partial charge in [-0.25, -0.2) is 0 Å². The van der Waals surface area contributed by atoms with Gasteiger partial charge in [0, 0.05) is 0 Å². The average Bonchev–Trinajstić information content (AvgIpc) is 2.21. The molecule has 3 heteroatoms. The second-order valence-corrected chi connectivity index (χ2v) is 6.31. The molecule has 1 aliphatic heterocycles. The fraction of sp³-hybridized carbons (Fsp3) is 0.455. The predicted molar refractivity (Wildman–Crippen MR) is 50.4 cm³/mol. The second-order valence-electron chi connectivity index (χ2n) is 3.08. The number of alkyl halides is 4. The van der Waals surface area contributed by atoms with Gasteiger partial charge in [-0.3, -0.25) is 0 Å². The van der Waals surface area contributed by atoms with Crippen LogP contribution in [0, 0.1) is 0 Å². The minimum atomic E-state index is -2.29. The van der Waals surface area contributed by atoms with Crippen LogP contribution < -0.4 is 21.2 Å². The molecule has 1 saturated heterocycles. The molecule has 1 heterocycles. The van der Waals surface area contributed by atoms with Crippen LogP contribution in [0.1, 0.15) is 12.8 Å². The van der Waals surface area contributed by atoms with Crippen molar-refractivity contribution >= 4 is 0 Å². The van der Waals surface area contributed by atoms with Crippen LogP contribution in [0.15, 0.2) is 36.4 Å². The van der Waals surface area contributed by atoms with E-state index >= 15 is 0 Å². The van der Waals surface area contributed by atoms with E-state index < -0.39 is 5.92 Å². The van der Waals surface area contributed by atoms with E-state index in [1.54, 1.807) is 0 Å². The van der Waals surface area contributed by atoms with Crippen LogP contribution in [0.25, 0.3) is 0 Å². The normalized spacial score (nSPS) is 19.9. The molecule has 0 N–H and O–H groups in total. The van der Waals surface area contributed by atoms with Crippen molar-refractivity contribution in [3.8, 4) is 0 Å². The Balaban J connectivity index is 0.000000146. The van der Waals surface area contributed by atoms with Gasteiger partial charge >= 0.3 is 57.6 Å². The summed E-state index contributed by atoms with van der Waals surface area (Å²) >= 11 is 0.175. The molecular formula is C11H14F2I-. The molecule has 0 spiro atoms. The Morgan fingerprint density at radius 3 is 1.36 bits per heavy atom. The van der Waals surface area contributed by atoms with Gasteiger partial charge < -0.3 is 0 Å². The molecule has 1 aromatic carbocycles. The van der Waals surface area contributed by atoms with Crippen LogP contribution in [0.5, 0.6) is 0 Å². The SMILES string of the molecule is FC1(F)CC[I-]CC1.c1ccccc1. The minimum Gasteiger partial charge on any atom is -0.0623 e. The summed E-state index contributed by atoms with van der Waals surface area (Å²) in [5.41, 5.74) is 0. The van der Waals surface area contributed by atoms with Gasteiger partial charge in [0.2, 0.25) is 0 Å². The first kappa shape index (κ1) is 11.9. The monoisotopic (exact) mass is 311 g/mol. The Morgan fingerprint density at radius 2 is 1.14 bits per heavy atom. The van der Waals surface area contributed by atoms with Crippen molar-refractivity contribution in [2.24, 2.45) is 0 Å². The van der Waals surface area contributed by atoms with Crippen molar-refractivity contribution in [2.75, 3.05) is 8.86 Å². The maximum Gasteiger partial charge on any atom is -0.0623 e. The van der Waals surface area contributed by atoms with E-state index in [2.05, 4.69) is 0 Å². The number of rotatable bonds is 0. The third kappa shape index (κ3) is 5.52. The first-order valence-corrected chi connectivity index (χ1v) is 7.67. The van der Waals surface area contributed by atoms with Gasteiger partial charge in [0.15, 0.2) is 0 Å². The number of benzene rings is 1. The summed E-state index contributed by atoms with van der Waals surface area (Å²) in [6.07, 6.45) is 0.334. The van der Waals surface area contributed by atoms with Crippen LogP contribution in [0.4, 0.5) is 8.78 Å². The molecule has 0 unspecified atom stereocenters. The minimum absolute atomic E-state index is 0.167. The largest absolute Gasteiger partial charge is 0.0623 e. The molecule has 0 amide bonds. The van der Waals surface area contributed by atoms with E-state index in [-0.39, 0.29) is 34.0 Å². The fourth-order valence-electron chi connectivity index (χ4n) is 1.01. The second kappa shape index (κ2) is 6.32. The van der Waals surface area contributed by atoms with Crippen LogP contribution >= 0.6 is 0 Å². The van der Waals surface area contributed by atoms with Gasteiger partial charge in [-0.1, -0.05) is 36.4 Å². The van der Waals surface area contributed by atoms with E-state index in [9.17, 15) is 8.78 Å².